The second-order valence-corrected chi connectivity index (χ2v) is 5.10. The highest BCUT2D eigenvalue weighted by Gasteiger charge is 2.11. The fourth-order valence-corrected chi connectivity index (χ4v) is 2.11. The van der Waals surface area contributed by atoms with Crippen molar-refractivity contribution in [2.75, 3.05) is 0 Å². The zero-order valence-electron chi connectivity index (χ0n) is 13.5. The minimum Gasteiger partial charge on any atom is -0.315 e. The number of hydrogen-bond donors (Lipinski definition) is 0. The molecule has 134 valence electrons. The Kier molecular flexibility index (Phi) is 4.19. The Bertz CT molecular complexity index is 1160. The van der Waals surface area contributed by atoms with Crippen LogP contribution < -0.4 is 9.68 Å². The van der Waals surface area contributed by atoms with Crippen LogP contribution in [0.5, 0.6) is 0 Å². The van der Waals surface area contributed by atoms with Crippen LogP contribution in [0.15, 0.2) is 48.8 Å². The second-order valence-electron chi connectivity index (χ2n) is 5.10. The van der Waals surface area contributed by atoms with Crippen molar-refractivity contribution < 1.29 is 19.3 Å². The van der Waals surface area contributed by atoms with Crippen LogP contribution in [0.1, 0.15) is 6.42 Å². The molecule has 0 saturated heterocycles. The first-order valence-corrected chi connectivity index (χ1v) is 7.63. The molecule has 4 aromatic heterocycles. The van der Waals surface area contributed by atoms with E-state index in [4.69, 9.17) is 9.68 Å². The molecule has 12 heteroatoms. The van der Waals surface area contributed by atoms with Gasteiger partial charge in [0.25, 0.3) is 0 Å². The summed E-state index contributed by atoms with van der Waals surface area (Å²) in [5.41, 5.74) is 1.56. The lowest BCUT2D eigenvalue weighted by Crippen LogP contribution is -2.21. The molecule has 0 spiro atoms. The van der Waals surface area contributed by atoms with Gasteiger partial charge in [0.15, 0.2) is 0 Å². The predicted octanol–water partition coefficient (Wildman–Crippen LogP) is -0.477. The van der Waals surface area contributed by atoms with Crippen LogP contribution in [0.4, 0.5) is 0 Å². The molecule has 0 aliphatic heterocycles. The lowest BCUT2D eigenvalue weighted by atomic mass is 10.4. The zero-order valence-corrected chi connectivity index (χ0v) is 13.5. The topological polar surface area (TPSA) is 140 Å². The summed E-state index contributed by atoms with van der Waals surface area (Å²) in [6.45, 7) is 0. The third-order valence-electron chi connectivity index (χ3n) is 3.27. The van der Waals surface area contributed by atoms with E-state index in [2.05, 4.69) is 30.6 Å². The van der Waals surface area contributed by atoms with E-state index in [0.29, 0.717) is 22.3 Å². The largest absolute Gasteiger partial charge is 0.358 e. The van der Waals surface area contributed by atoms with Crippen molar-refractivity contribution in [3.05, 3.63) is 48.8 Å². The van der Waals surface area contributed by atoms with E-state index in [1.807, 2.05) is 0 Å². The summed E-state index contributed by atoms with van der Waals surface area (Å²) in [7, 11) is 0. The highest BCUT2D eigenvalue weighted by Crippen LogP contribution is 2.05. The van der Waals surface area contributed by atoms with Crippen molar-refractivity contribution >= 4 is 34.3 Å². The van der Waals surface area contributed by atoms with Crippen molar-refractivity contribution in [1.82, 2.24) is 40.3 Å². The minimum atomic E-state index is -0.756. The predicted molar refractivity (Wildman–Crippen MR) is 87.6 cm³/mol. The second kappa shape index (κ2) is 6.95. The highest BCUT2D eigenvalue weighted by molar-refractivity contribution is 5.84. The number of carbonyl (C=O) groups excluding carboxylic acids is 2. The molecule has 0 saturated carbocycles. The van der Waals surface area contributed by atoms with Crippen molar-refractivity contribution in [2.24, 2.45) is 0 Å². The van der Waals surface area contributed by atoms with Gasteiger partial charge in [-0.25, -0.2) is 19.6 Å². The molecular weight excluding hydrogens is 356 g/mol. The SMILES string of the molecule is O=C(/C=C/CC(=O)On1nnc2cccnc21)On1nnc2cccnc21. The van der Waals surface area contributed by atoms with Gasteiger partial charge in [-0.2, -0.15) is 0 Å². The fraction of sp³-hybridized carbons (Fsp3) is 0.0667. The summed E-state index contributed by atoms with van der Waals surface area (Å²) in [6.07, 6.45) is 5.19. The molecule has 0 bridgehead atoms. The van der Waals surface area contributed by atoms with Crippen LogP contribution in [-0.2, 0) is 9.59 Å². The summed E-state index contributed by atoms with van der Waals surface area (Å²) in [4.78, 5) is 43.5. The molecule has 0 amide bonds. The Hall–Kier alpha value is -4.22. The Morgan fingerprint density at radius 3 is 2.15 bits per heavy atom. The number of carbonyl (C=O) groups is 2. The molecular formula is C15H10N8O4. The van der Waals surface area contributed by atoms with Gasteiger partial charge in [-0.15, -0.1) is 10.2 Å². The number of hydrogen-bond acceptors (Lipinski definition) is 10. The first-order chi connectivity index (χ1) is 13.2. The molecule has 12 nitrogen and oxygen atoms in total. The van der Waals surface area contributed by atoms with E-state index < -0.39 is 11.9 Å². The Labute approximate surface area is 149 Å². The molecule has 27 heavy (non-hydrogen) atoms. The monoisotopic (exact) mass is 366 g/mol. The van der Waals surface area contributed by atoms with Gasteiger partial charge in [-0.3, -0.25) is 0 Å². The van der Waals surface area contributed by atoms with Crippen molar-refractivity contribution in [3.63, 3.8) is 0 Å². The fourth-order valence-electron chi connectivity index (χ4n) is 2.11. The lowest BCUT2D eigenvalue weighted by Gasteiger charge is -2.00. The van der Waals surface area contributed by atoms with E-state index in [-0.39, 0.29) is 6.42 Å². The molecule has 0 N–H and O–H groups in total. The maximum Gasteiger partial charge on any atom is 0.358 e. The van der Waals surface area contributed by atoms with Gasteiger partial charge < -0.3 is 9.68 Å². The van der Waals surface area contributed by atoms with Crippen LogP contribution in [0, 0.1) is 0 Å². The van der Waals surface area contributed by atoms with Crippen LogP contribution in [0.3, 0.4) is 0 Å². The normalized spacial score (nSPS) is 11.3. The van der Waals surface area contributed by atoms with Crippen molar-refractivity contribution in [2.45, 2.75) is 6.42 Å². The van der Waals surface area contributed by atoms with Gasteiger partial charge in [0.1, 0.15) is 11.0 Å². The van der Waals surface area contributed by atoms with Gasteiger partial charge in [0.2, 0.25) is 11.3 Å². The maximum atomic E-state index is 11.8. The zero-order chi connectivity index (χ0) is 18.6. The molecule has 0 unspecified atom stereocenters. The molecule has 0 radical (unpaired) electrons. The molecule has 0 aliphatic rings. The number of nitrogens with zero attached hydrogens (tertiary/aromatic N) is 8. The molecule has 4 aromatic rings. The highest BCUT2D eigenvalue weighted by atomic mass is 16.7. The quantitative estimate of drug-likeness (QED) is 0.336. The standard InChI is InChI=1S/C15H10N8O4/c24-12(26-22-14-10(18-20-22)4-2-8-16-14)6-1-7-13(25)27-23-15-11(19-21-23)5-3-9-17-15/h1-6,8-9H,7H2/b6-1+. The molecule has 0 fully saturated rings. The van der Waals surface area contributed by atoms with E-state index in [0.717, 1.165) is 15.8 Å². The number of pyridine rings is 2. The molecule has 4 heterocycles. The Morgan fingerprint density at radius 2 is 1.52 bits per heavy atom. The van der Waals surface area contributed by atoms with Gasteiger partial charge in [0.05, 0.1) is 6.42 Å². The Balaban J connectivity index is 1.34. The lowest BCUT2D eigenvalue weighted by molar-refractivity contribution is -0.144. The van der Waals surface area contributed by atoms with Crippen molar-refractivity contribution in [3.8, 4) is 0 Å². The van der Waals surface area contributed by atoms with E-state index >= 15 is 0 Å². The minimum absolute atomic E-state index is 0.195. The summed E-state index contributed by atoms with van der Waals surface area (Å²) < 4.78 is 0. The first kappa shape index (κ1) is 16.3. The number of rotatable bonds is 5. The third-order valence-corrected chi connectivity index (χ3v) is 3.27. The van der Waals surface area contributed by atoms with Crippen LogP contribution in [-0.4, -0.2) is 52.2 Å². The van der Waals surface area contributed by atoms with Gasteiger partial charge >= 0.3 is 11.9 Å². The van der Waals surface area contributed by atoms with Crippen molar-refractivity contribution in [1.29, 1.82) is 0 Å². The number of aromatic nitrogens is 8. The average molecular weight is 366 g/mol. The average Bonchev–Trinajstić information content (AvgIpc) is 3.27. The summed E-state index contributed by atoms with van der Waals surface area (Å²) in [5.74, 6) is -1.42. The first-order valence-electron chi connectivity index (χ1n) is 7.63. The van der Waals surface area contributed by atoms with Crippen LogP contribution in [0.2, 0.25) is 0 Å². The molecule has 0 aromatic carbocycles. The third kappa shape index (κ3) is 3.44. The summed E-state index contributed by atoms with van der Waals surface area (Å²) in [5, 5.41) is 15.0. The summed E-state index contributed by atoms with van der Waals surface area (Å²) >= 11 is 0. The molecule has 0 aliphatic carbocycles. The van der Waals surface area contributed by atoms with Crippen LogP contribution in [0.25, 0.3) is 22.3 Å². The maximum absolute atomic E-state index is 11.8. The van der Waals surface area contributed by atoms with E-state index in [1.54, 1.807) is 24.3 Å². The molecule has 0 atom stereocenters. The van der Waals surface area contributed by atoms with Gasteiger partial charge in [0, 0.05) is 18.5 Å². The van der Waals surface area contributed by atoms with Crippen LogP contribution >= 0.6 is 0 Å². The van der Waals surface area contributed by atoms with E-state index in [1.165, 1.54) is 18.5 Å². The Morgan fingerprint density at radius 1 is 0.926 bits per heavy atom. The summed E-state index contributed by atoms with van der Waals surface area (Å²) in [6, 6.07) is 6.72. The smallest absolute Gasteiger partial charge is 0.315 e. The molecule has 4 rings (SSSR count). The van der Waals surface area contributed by atoms with Gasteiger partial charge in [-0.05, 0) is 44.4 Å². The number of fused-ring (bicyclic) bond motifs is 2. The van der Waals surface area contributed by atoms with Gasteiger partial charge in [-0.1, -0.05) is 6.08 Å². The van der Waals surface area contributed by atoms with E-state index in [9.17, 15) is 9.59 Å².